The molecule has 3 N–H and O–H groups in total. The fraction of sp³-hybridized carbons (Fsp3) is 0.700. The highest BCUT2D eigenvalue weighted by atomic mass is 79.9. The molecular formula is C10H18BrN3O. The first-order valence-electron chi connectivity index (χ1n) is 5.23. The average Bonchev–Trinajstić information content (AvgIpc) is 2.60. The van der Waals surface area contributed by atoms with E-state index in [4.69, 9.17) is 5.73 Å². The summed E-state index contributed by atoms with van der Waals surface area (Å²) in [6.45, 7) is 4.96. The number of hydrogen-bond acceptors (Lipinski definition) is 3. The number of nitrogens with zero attached hydrogens (tertiary/aromatic N) is 2. The normalized spacial score (nSPS) is 15.3. The van der Waals surface area contributed by atoms with Crippen molar-refractivity contribution in [3.8, 4) is 0 Å². The van der Waals surface area contributed by atoms with Crippen molar-refractivity contribution in [2.24, 2.45) is 5.73 Å². The van der Waals surface area contributed by atoms with Crippen molar-refractivity contribution in [1.82, 2.24) is 9.78 Å². The summed E-state index contributed by atoms with van der Waals surface area (Å²) in [5, 5.41) is 14.6. The monoisotopic (exact) mass is 275 g/mol. The second-order valence-electron chi connectivity index (χ2n) is 3.64. The lowest BCUT2D eigenvalue weighted by molar-refractivity contribution is 0.0262. The van der Waals surface area contributed by atoms with Gasteiger partial charge in [-0.15, -0.1) is 0 Å². The summed E-state index contributed by atoms with van der Waals surface area (Å²) in [6.07, 6.45) is 3.23. The molecule has 0 saturated carbocycles. The van der Waals surface area contributed by atoms with E-state index in [-0.39, 0.29) is 6.54 Å². The van der Waals surface area contributed by atoms with Gasteiger partial charge in [0.1, 0.15) is 5.60 Å². The van der Waals surface area contributed by atoms with Gasteiger partial charge in [-0.3, -0.25) is 4.68 Å². The lowest BCUT2D eigenvalue weighted by Crippen LogP contribution is -2.37. The van der Waals surface area contributed by atoms with E-state index in [2.05, 4.69) is 21.0 Å². The quantitative estimate of drug-likeness (QED) is 0.858. The highest BCUT2D eigenvalue weighted by molar-refractivity contribution is 9.10. The molecule has 0 saturated heterocycles. The Morgan fingerprint density at radius 2 is 2.27 bits per heavy atom. The minimum atomic E-state index is -0.972. The van der Waals surface area contributed by atoms with Crippen molar-refractivity contribution < 1.29 is 5.11 Å². The predicted molar refractivity (Wildman–Crippen MR) is 63.5 cm³/mol. The van der Waals surface area contributed by atoms with E-state index in [1.807, 2.05) is 13.8 Å². The summed E-state index contributed by atoms with van der Waals surface area (Å²) in [6, 6.07) is 0. The third-order valence-corrected chi connectivity index (χ3v) is 3.12. The zero-order valence-electron chi connectivity index (χ0n) is 9.20. The first-order valence-corrected chi connectivity index (χ1v) is 6.02. The number of nitrogens with two attached hydrogens (primary N) is 1. The zero-order valence-corrected chi connectivity index (χ0v) is 10.8. The largest absolute Gasteiger partial charge is 0.382 e. The Morgan fingerprint density at radius 3 is 2.73 bits per heavy atom. The molecule has 1 rings (SSSR count). The molecule has 0 bridgehead atoms. The highest BCUT2D eigenvalue weighted by Crippen LogP contribution is 2.31. The molecule has 15 heavy (non-hydrogen) atoms. The predicted octanol–water partition coefficient (Wildman–Crippen LogP) is 1.61. The molecular weight excluding hydrogens is 258 g/mol. The number of rotatable bonds is 5. The smallest absolute Gasteiger partial charge is 0.119 e. The SMILES string of the molecule is CCCC(O)(CN)c1c(Br)cnn1CC. The number of halogens is 1. The highest BCUT2D eigenvalue weighted by Gasteiger charge is 2.32. The fourth-order valence-electron chi connectivity index (χ4n) is 1.80. The van der Waals surface area contributed by atoms with Gasteiger partial charge in [0.25, 0.3) is 0 Å². The molecule has 5 heteroatoms. The van der Waals surface area contributed by atoms with Crippen molar-refractivity contribution in [2.45, 2.75) is 38.8 Å². The average molecular weight is 276 g/mol. The van der Waals surface area contributed by atoms with Crippen LogP contribution < -0.4 is 5.73 Å². The molecule has 1 heterocycles. The van der Waals surface area contributed by atoms with Crippen LogP contribution in [-0.2, 0) is 12.1 Å². The Balaban J connectivity index is 3.15. The maximum atomic E-state index is 10.5. The second kappa shape index (κ2) is 5.09. The standard InChI is InChI=1S/C10H18BrN3O/c1-3-5-10(15,7-12)9-8(11)6-13-14(9)4-2/h6,15H,3-5,7,12H2,1-2H3. The molecule has 0 radical (unpaired) electrons. The molecule has 0 amide bonds. The molecule has 0 aliphatic carbocycles. The minimum Gasteiger partial charge on any atom is -0.382 e. The lowest BCUT2D eigenvalue weighted by Gasteiger charge is -2.27. The number of hydrogen-bond donors (Lipinski definition) is 2. The van der Waals surface area contributed by atoms with Crippen molar-refractivity contribution in [3.63, 3.8) is 0 Å². The third-order valence-electron chi connectivity index (χ3n) is 2.54. The van der Waals surface area contributed by atoms with Crippen LogP contribution in [0, 0.1) is 0 Å². The first-order chi connectivity index (χ1) is 7.09. The van der Waals surface area contributed by atoms with Gasteiger partial charge in [0, 0.05) is 13.1 Å². The molecule has 1 aromatic heterocycles. The van der Waals surface area contributed by atoms with E-state index in [0.717, 1.165) is 23.1 Å². The number of aryl methyl sites for hydroxylation is 1. The van der Waals surface area contributed by atoms with Crippen LogP contribution in [0.5, 0.6) is 0 Å². The number of aliphatic hydroxyl groups is 1. The molecule has 1 aromatic rings. The Bertz CT molecular complexity index is 326. The molecule has 0 spiro atoms. The van der Waals surface area contributed by atoms with Gasteiger partial charge in [0.2, 0.25) is 0 Å². The van der Waals surface area contributed by atoms with Crippen LogP contribution in [0.4, 0.5) is 0 Å². The molecule has 1 unspecified atom stereocenters. The van der Waals surface area contributed by atoms with Crippen LogP contribution >= 0.6 is 15.9 Å². The third kappa shape index (κ3) is 2.41. The van der Waals surface area contributed by atoms with E-state index < -0.39 is 5.60 Å². The number of aromatic nitrogens is 2. The van der Waals surface area contributed by atoms with Crippen molar-refractivity contribution in [2.75, 3.05) is 6.54 Å². The maximum absolute atomic E-state index is 10.5. The van der Waals surface area contributed by atoms with Crippen LogP contribution in [0.25, 0.3) is 0 Å². The van der Waals surface area contributed by atoms with Gasteiger partial charge in [-0.2, -0.15) is 5.10 Å². The van der Waals surface area contributed by atoms with Crippen LogP contribution in [0.2, 0.25) is 0 Å². The molecule has 0 aliphatic heterocycles. The summed E-state index contributed by atoms with van der Waals surface area (Å²) in [4.78, 5) is 0. The summed E-state index contributed by atoms with van der Waals surface area (Å²) in [7, 11) is 0. The van der Waals surface area contributed by atoms with Crippen molar-refractivity contribution in [3.05, 3.63) is 16.4 Å². The van der Waals surface area contributed by atoms with Gasteiger partial charge in [-0.1, -0.05) is 13.3 Å². The van der Waals surface area contributed by atoms with E-state index in [1.54, 1.807) is 10.9 Å². The van der Waals surface area contributed by atoms with E-state index >= 15 is 0 Å². The van der Waals surface area contributed by atoms with Gasteiger partial charge >= 0.3 is 0 Å². The summed E-state index contributed by atoms with van der Waals surface area (Å²) < 4.78 is 2.61. The van der Waals surface area contributed by atoms with E-state index in [9.17, 15) is 5.11 Å². The summed E-state index contributed by atoms with van der Waals surface area (Å²) >= 11 is 3.41. The lowest BCUT2D eigenvalue weighted by atomic mass is 9.94. The maximum Gasteiger partial charge on any atom is 0.119 e. The van der Waals surface area contributed by atoms with Crippen LogP contribution in [0.15, 0.2) is 10.7 Å². The van der Waals surface area contributed by atoms with Gasteiger partial charge in [0.05, 0.1) is 16.4 Å². The second-order valence-corrected chi connectivity index (χ2v) is 4.50. The molecule has 4 nitrogen and oxygen atoms in total. The molecule has 0 aromatic carbocycles. The Kier molecular flexibility index (Phi) is 4.31. The van der Waals surface area contributed by atoms with Crippen molar-refractivity contribution in [1.29, 1.82) is 0 Å². The van der Waals surface area contributed by atoms with Gasteiger partial charge in [0.15, 0.2) is 0 Å². The zero-order chi connectivity index (χ0) is 11.5. The molecule has 0 fully saturated rings. The van der Waals surface area contributed by atoms with Crippen LogP contribution in [0.1, 0.15) is 32.4 Å². The Morgan fingerprint density at radius 1 is 1.60 bits per heavy atom. The molecule has 1 atom stereocenters. The topological polar surface area (TPSA) is 64.1 Å². The Hall–Kier alpha value is -0.390. The van der Waals surface area contributed by atoms with Crippen LogP contribution in [-0.4, -0.2) is 21.4 Å². The van der Waals surface area contributed by atoms with Crippen LogP contribution in [0.3, 0.4) is 0 Å². The van der Waals surface area contributed by atoms with E-state index in [0.29, 0.717) is 6.42 Å². The molecule has 86 valence electrons. The summed E-state index contributed by atoms with van der Waals surface area (Å²) in [5.41, 5.74) is 5.48. The molecule has 0 aliphatic rings. The summed E-state index contributed by atoms with van der Waals surface area (Å²) in [5.74, 6) is 0. The first kappa shape index (κ1) is 12.7. The Labute approximate surface area is 98.6 Å². The van der Waals surface area contributed by atoms with E-state index in [1.165, 1.54) is 0 Å². The van der Waals surface area contributed by atoms with Gasteiger partial charge in [-0.05, 0) is 29.3 Å². The van der Waals surface area contributed by atoms with Gasteiger partial charge < -0.3 is 10.8 Å². The fourth-order valence-corrected chi connectivity index (χ4v) is 2.46. The minimum absolute atomic E-state index is 0.213. The van der Waals surface area contributed by atoms with Gasteiger partial charge in [-0.25, -0.2) is 0 Å². The van der Waals surface area contributed by atoms with Crippen molar-refractivity contribution >= 4 is 15.9 Å².